The van der Waals surface area contributed by atoms with Crippen molar-refractivity contribution in [1.82, 2.24) is 15.0 Å². The van der Waals surface area contributed by atoms with Gasteiger partial charge in [-0.3, -0.25) is 9.59 Å². The second-order valence-electron chi connectivity index (χ2n) is 6.66. The Balaban J connectivity index is 1.56. The van der Waals surface area contributed by atoms with Gasteiger partial charge in [0, 0.05) is 18.4 Å². The summed E-state index contributed by atoms with van der Waals surface area (Å²) < 4.78 is 5.22. The number of nitrogens with zero attached hydrogens (tertiary/aromatic N) is 3. The summed E-state index contributed by atoms with van der Waals surface area (Å²) in [5.74, 6) is 0.276. The van der Waals surface area contributed by atoms with Crippen LogP contribution in [-0.4, -0.2) is 45.0 Å². The maximum atomic E-state index is 13.0. The third kappa shape index (κ3) is 3.57. The summed E-state index contributed by atoms with van der Waals surface area (Å²) in [6, 6.07) is 16.6. The molecule has 0 spiro atoms. The summed E-state index contributed by atoms with van der Waals surface area (Å²) in [5, 5.41) is 12.8. The maximum Gasteiger partial charge on any atom is 0.254 e. The number of carbonyl (C=O) groups is 2. The minimum absolute atomic E-state index is 0.0155. The Bertz CT molecular complexity index is 982. The monoisotopic (exact) mass is 377 g/mol. The molecule has 3 aromatic rings. The molecular formula is C21H19N3O4. The molecule has 1 unspecified atom stereocenters. The highest BCUT2D eigenvalue weighted by Crippen LogP contribution is 2.31. The number of aliphatic hydroxyl groups excluding tert-OH is 1. The molecule has 4 rings (SSSR count). The molecule has 1 saturated heterocycles. The SMILES string of the molecule is O=C1CC(c2nc(CCO)no2)N(C(=O)c2ccc(-c3ccccc3)cc2)C1. The number of benzene rings is 2. The Morgan fingerprint density at radius 2 is 1.82 bits per heavy atom. The quantitative estimate of drug-likeness (QED) is 0.734. The third-order valence-corrected chi connectivity index (χ3v) is 4.75. The molecule has 1 N–H and O–H groups in total. The number of aromatic nitrogens is 2. The van der Waals surface area contributed by atoms with E-state index < -0.39 is 6.04 Å². The van der Waals surface area contributed by atoms with Crippen molar-refractivity contribution in [3.63, 3.8) is 0 Å². The van der Waals surface area contributed by atoms with Crippen molar-refractivity contribution >= 4 is 11.7 Å². The van der Waals surface area contributed by atoms with Gasteiger partial charge in [-0.2, -0.15) is 4.98 Å². The zero-order chi connectivity index (χ0) is 19.5. The van der Waals surface area contributed by atoms with E-state index in [9.17, 15) is 9.59 Å². The topological polar surface area (TPSA) is 96.5 Å². The molecular weight excluding hydrogens is 358 g/mol. The average Bonchev–Trinajstić information content (AvgIpc) is 3.35. The summed E-state index contributed by atoms with van der Waals surface area (Å²) in [4.78, 5) is 30.7. The van der Waals surface area contributed by atoms with Crippen LogP contribution in [0.2, 0.25) is 0 Å². The largest absolute Gasteiger partial charge is 0.396 e. The Hall–Kier alpha value is -3.32. The number of ketones is 1. The highest BCUT2D eigenvalue weighted by Gasteiger charge is 2.39. The predicted octanol–water partition coefficient (Wildman–Crippen LogP) is 2.43. The lowest BCUT2D eigenvalue weighted by Gasteiger charge is -2.21. The van der Waals surface area contributed by atoms with E-state index in [1.54, 1.807) is 12.1 Å². The summed E-state index contributed by atoms with van der Waals surface area (Å²) >= 11 is 0. The van der Waals surface area contributed by atoms with Crippen LogP contribution in [0.4, 0.5) is 0 Å². The molecule has 0 bridgehead atoms. The van der Waals surface area contributed by atoms with Gasteiger partial charge in [-0.05, 0) is 23.3 Å². The van der Waals surface area contributed by atoms with Gasteiger partial charge in [-0.15, -0.1) is 0 Å². The molecule has 2 aromatic carbocycles. The lowest BCUT2D eigenvalue weighted by Crippen LogP contribution is -2.31. The number of hydrogen-bond acceptors (Lipinski definition) is 6. The molecule has 1 aliphatic heterocycles. The van der Waals surface area contributed by atoms with E-state index in [4.69, 9.17) is 9.63 Å². The van der Waals surface area contributed by atoms with Crippen molar-refractivity contribution in [2.24, 2.45) is 0 Å². The van der Waals surface area contributed by atoms with Crippen LogP contribution in [-0.2, 0) is 11.2 Å². The first kappa shape index (κ1) is 18.1. The van der Waals surface area contributed by atoms with Crippen molar-refractivity contribution in [3.05, 3.63) is 71.9 Å². The van der Waals surface area contributed by atoms with Crippen LogP contribution in [0.1, 0.15) is 34.5 Å². The molecule has 0 saturated carbocycles. The fourth-order valence-corrected chi connectivity index (χ4v) is 3.33. The fourth-order valence-electron chi connectivity index (χ4n) is 3.33. The fraction of sp³-hybridized carbons (Fsp3) is 0.238. The van der Waals surface area contributed by atoms with E-state index in [2.05, 4.69) is 10.1 Å². The van der Waals surface area contributed by atoms with Crippen molar-refractivity contribution < 1.29 is 19.2 Å². The van der Waals surface area contributed by atoms with Gasteiger partial charge in [0.05, 0.1) is 13.2 Å². The Morgan fingerprint density at radius 1 is 1.11 bits per heavy atom. The van der Waals surface area contributed by atoms with Crippen LogP contribution in [0.5, 0.6) is 0 Å². The smallest absolute Gasteiger partial charge is 0.254 e. The summed E-state index contributed by atoms with van der Waals surface area (Å²) in [5.41, 5.74) is 2.57. The van der Waals surface area contributed by atoms with E-state index in [1.165, 1.54) is 4.90 Å². The molecule has 1 fully saturated rings. The van der Waals surface area contributed by atoms with Crippen LogP contribution in [0, 0.1) is 0 Å². The normalized spacial score (nSPS) is 16.5. The van der Waals surface area contributed by atoms with Gasteiger partial charge in [0.1, 0.15) is 6.04 Å². The molecule has 28 heavy (non-hydrogen) atoms. The zero-order valence-electron chi connectivity index (χ0n) is 15.1. The number of amides is 1. The summed E-state index contributed by atoms with van der Waals surface area (Å²) in [7, 11) is 0. The van der Waals surface area contributed by atoms with Gasteiger partial charge in [0.25, 0.3) is 5.91 Å². The van der Waals surface area contributed by atoms with Crippen LogP contribution in [0.25, 0.3) is 11.1 Å². The molecule has 7 nitrogen and oxygen atoms in total. The van der Waals surface area contributed by atoms with Gasteiger partial charge in [-0.1, -0.05) is 47.6 Å². The van der Waals surface area contributed by atoms with Crippen LogP contribution in [0.3, 0.4) is 0 Å². The van der Waals surface area contributed by atoms with E-state index in [1.807, 2.05) is 42.5 Å². The Morgan fingerprint density at radius 3 is 2.54 bits per heavy atom. The first-order valence-electron chi connectivity index (χ1n) is 9.07. The minimum Gasteiger partial charge on any atom is -0.396 e. The van der Waals surface area contributed by atoms with Crippen LogP contribution >= 0.6 is 0 Å². The van der Waals surface area contributed by atoms with Gasteiger partial charge in [0.15, 0.2) is 11.6 Å². The van der Waals surface area contributed by atoms with E-state index in [-0.39, 0.29) is 43.6 Å². The van der Waals surface area contributed by atoms with Gasteiger partial charge in [0.2, 0.25) is 5.89 Å². The van der Waals surface area contributed by atoms with Crippen molar-refractivity contribution in [3.8, 4) is 11.1 Å². The highest BCUT2D eigenvalue weighted by molar-refractivity contribution is 5.99. The highest BCUT2D eigenvalue weighted by atomic mass is 16.5. The van der Waals surface area contributed by atoms with E-state index in [0.717, 1.165) is 11.1 Å². The number of carbonyl (C=O) groups excluding carboxylic acids is 2. The summed E-state index contributed by atoms with van der Waals surface area (Å²) in [6.07, 6.45) is 0.410. The minimum atomic E-state index is -0.575. The number of likely N-dealkylation sites (tertiary alicyclic amines) is 1. The first-order chi connectivity index (χ1) is 13.7. The molecule has 1 aromatic heterocycles. The number of aliphatic hydroxyl groups is 1. The second kappa shape index (κ2) is 7.74. The molecule has 1 aliphatic rings. The Labute approximate surface area is 161 Å². The summed E-state index contributed by atoms with van der Waals surface area (Å²) in [6.45, 7) is -0.0827. The molecule has 1 atom stereocenters. The lowest BCUT2D eigenvalue weighted by molar-refractivity contribution is -0.116. The number of hydrogen-bond donors (Lipinski definition) is 1. The van der Waals surface area contributed by atoms with Crippen molar-refractivity contribution in [2.45, 2.75) is 18.9 Å². The van der Waals surface area contributed by atoms with E-state index in [0.29, 0.717) is 11.4 Å². The average molecular weight is 377 g/mol. The lowest BCUT2D eigenvalue weighted by atomic mass is 10.0. The molecule has 2 heterocycles. The molecule has 1 amide bonds. The van der Waals surface area contributed by atoms with Gasteiger partial charge < -0.3 is 14.5 Å². The molecule has 7 heteroatoms. The van der Waals surface area contributed by atoms with Gasteiger partial charge >= 0.3 is 0 Å². The standard InChI is InChI=1S/C21H19N3O4/c25-11-10-19-22-20(28-23-19)18-12-17(26)13-24(18)21(27)16-8-6-15(7-9-16)14-4-2-1-3-5-14/h1-9,18,25H,10-13H2. The van der Waals surface area contributed by atoms with Crippen LogP contribution < -0.4 is 0 Å². The first-order valence-corrected chi connectivity index (χ1v) is 9.07. The second-order valence-corrected chi connectivity index (χ2v) is 6.66. The molecule has 0 radical (unpaired) electrons. The third-order valence-electron chi connectivity index (χ3n) is 4.75. The van der Waals surface area contributed by atoms with Gasteiger partial charge in [-0.25, -0.2) is 0 Å². The number of rotatable bonds is 5. The Kier molecular flexibility index (Phi) is 4.99. The van der Waals surface area contributed by atoms with Crippen molar-refractivity contribution in [2.75, 3.05) is 13.2 Å². The predicted molar refractivity (Wildman–Crippen MR) is 100 cm³/mol. The molecule has 142 valence electrons. The molecule has 0 aliphatic carbocycles. The number of Topliss-reactive ketones (excluding diaryl/α,β-unsaturated/α-hetero) is 1. The zero-order valence-corrected chi connectivity index (χ0v) is 15.1. The van der Waals surface area contributed by atoms with E-state index >= 15 is 0 Å². The van der Waals surface area contributed by atoms with Crippen molar-refractivity contribution in [1.29, 1.82) is 0 Å². The van der Waals surface area contributed by atoms with Crippen LogP contribution in [0.15, 0.2) is 59.1 Å². The maximum absolute atomic E-state index is 13.0.